The summed E-state index contributed by atoms with van der Waals surface area (Å²) in [5, 5.41) is 12.0. The molecule has 9 heteroatoms. The standard InChI is InChI=1S/C17H22N4O4S/c1-11-15(16(18)24)26-17(20-8-6-19-7-9-20)21(11)12-2-4-13(5-3-12)25-10-14(22)23/h2-5,17,19H,6-10H2,1H3,(H2,18,24)(H,22,23). The van der Waals surface area contributed by atoms with Gasteiger partial charge in [0, 0.05) is 37.6 Å². The van der Waals surface area contributed by atoms with Crippen LogP contribution in [0.4, 0.5) is 5.69 Å². The van der Waals surface area contributed by atoms with Crippen molar-refractivity contribution < 1.29 is 19.4 Å². The topological polar surface area (TPSA) is 108 Å². The highest BCUT2D eigenvalue weighted by molar-refractivity contribution is 8.04. The van der Waals surface area contributed by atoms with Crippen LogP contribution in [0.1, 0.15) is 6.92 Å². The summed E-state index contributed by atoms with van der Waals surface area (Å²) in [6.45, 7) is 5.08. The van der Waals surface area contributed by atoms with Gasteiger partial charge in [-0.05, 0) is 31.2 Å². The van der Waals surface area contributed by atoms with Gasteiger partial charge in [-0.3, -0.25) is 9.69 Å². The van der Waals surface area contributed by atoms with E-state index in [1.54, 1.807) is 12.1 Å². The van der Waals surface area contributed by atoms with Crippen LogP contribution in [0.15, 0.2) is 34.9 Å². The normalized spacial score (nSPS) is 21.1. The highest BCUT2D eigenvalue weighted by Gasteiger charge is 2.37. The number of carboxylic acids is 1. The third-order valence-electron chi connectivity index (χ3n) is 4.30. The molecule has 1 aromatic rings. The molecular formula is C17H22N4O4S. The molecule has 2 heterocycles. The average molecular weight is 378 g/mol. The second-order valence-corrected chi connectivity index (χ2v) is 7.12. The lowest BCUT2D eigenvalue weighted by Gasteiger charge is -2.38. The summed E-state index contributed by atoms with van der Waals surface area (Å²) in [6.07, 6.45) is 0. The number of carboxylic acid groups (broad SMARTS) is 1. The highest BCUT2D eigenvalue weighted by atomic mass is 32.2. The van der Waals surface area contributed by atoms with E-state index in [0.29, 0.717) is 10.7 Å². The molecular weight excluding hydrogens is 356 g/mol. The molecule has 140 valence electrons. The number of thioether (sulfide) groups is 1. The van der Waals surface area contributed by atoms with E-state index in [9.17, 15) is 9.59 Å². The zero-order valence-corrected chi connectivity index (χ0v) is 15.3. The Morgan fingerprint density at radius 3 is 2.54 bits per heavy atom. The van der Waals surface area contributed by atoms with E-state index in [2.05, 4.69) is 15.1 Å². The van der Waals surface area contributed by atoms with E-state index in [0.717, 1.165) is 37.6 Å². The first-order chi connectivity index (χ1) is 12.5. The fraction of sp³-hybridized carbons (Fsp3) is 0.412. The minimum atomic E-state index is -1.02. The van der Waals surface area contributed by atoms with Gasteiger partial charge in [-0.25, -0.2) is 4.79 Å². The minimum absolute atomic E-state index is 0.0367. The summed E-state index contributed by atoms with van der Waals surface area (Å²) >= 11 is 1.47. The van der Waals surface area contributed by atoms with Crippen molar-refractivity contribution in [2.75, 3.05) is 37.7 Å². The molecule has 1 unspecified atom stereocenters. The van der Waals surface area contributed by atoms with Crippen molar-refractivity contribution >= 4 is 29.3 Å². The molecule has 0 bridgehead atoms. The van der Waals surface area contributed by atoms with Gasteiger partial charge in [0.2, 0.25) is 0 Å². The number of allylic oxidation sites excluding steroid dienone is 1. The Kier molecular flexibility index (Phi) is 5.70. The monoisotopic (exact) mass is 378 g/mol. The molecule has 4 N–H and O–H groups in total. The van der Waals surface area contributed by atoms with Gasteiger partial charge in [0.15, 0.2) is 6.61 Å². The fourth-order valence-corrected chi connectivity index (χ4v) is 4.41. The van der Waals surface area contributed by atoms with Crippen molar-refractivity contribution in [3.8, 4) is 5.75 Å². The summed E-state index contributed by atoms with van der Waals surface area (Å²) in [7, 11) is 0. The number of benzene rings is 1. The van der Waals surface area contributed by atoms with Crippen LogP contribution in [-0.2, 0) is 9.59 Å². The van der Waals surface area contributed by atoms with Crippen molar-refractivity contribution in [2.24, 2.45) is 5.73 Å². The zero-order valence-electron chi connectivity index (χ0n) is 14.5. The van der Waals surface area contributed by atoms with Crippen LogP contribution in [0.25, 0.3) is 0 Å². The van der Waals surface area contributed by atoms with Crippen LogP contribution in [-0.4, -0.2) is 60.2 Å². The molecule has 2 aliphatic heterocycles. The predicted octanol–water partition coefficient (Wildman–Crippen LogP) is 0.609. The third kappa shape index (κ3) is 3.95. The van der Waals surface area contributed by atoms with Gasteiger partial charge in [-0.15, -0.1) is 0 Å². The second kappa shape index (κ2) is 7.98. The summed E-state index contributed by atoms with van der Waals surface area (Å²) in [5.74, 6) is -0.955. The summed E-state index contributed by atoms with van der Waals surface area (Å²) in [4.78, 5) is 27.4. The molecule has 0 spiro atoms. The van der Waals surface area contributed by atoms with Crippen LogP contribution in [0.3, 0.4) is 0 Å². The molecule has 1 aromatic carbocycles. The number of ether oxygens (including phenoxy) is 1. The molecule has 1 saturated heterocycles. The van der Waals surface area contributed by atoms with Gasteiger partial charge in [-0.1, -0.05) is 11.8 Å². The largest absolute Gasteiger partial charge is 0.482 e. The van der Waals surface area contributed by atoms with E-state index < -0.39 is 11.9 Å². The van der Waals surface area contributed by atoms with Crippen LogP contribution in [0.5, 0.6) is 5.75 Å². The summed E-state index contributed by atoms with van der Waals surface area (Å²) in [6, 6.07) is 7.18. The molecule has 1 atom stereocenters. The maximum absolute atomic E-state index is 11.8. The summed E-state index contributed by atoms with van der Waals surface area (Å²) < 4.78 is 5.19. The zero-order chi connectivity index (χ0) is 18.7. The molecule has 26 heavy (non-hydrogen) atoms. The van der Waals surface area contributed by atoms with Crippen molar-refractivity contribution in [3.05, 3.63) is 34.9 Å². The van der Waals surface area contributed by atoms with Gasteiger partial charge in [-0.2, -0.15) is 0 Å². The highest BCUT2D eigenvalue weighted by Crippen LogP contribution is 2.42. The Labute approximate surface area is 156 Å². The first kappa shape index (κ1) is 18.6. The fourth-order valence-electron chi connectivity index (χ4n) is 3.06. The molecule has 0 saturated carbocycles. The number of nitrogens with one attached hydrogen (secondary N) is 1. The number of nitrogens with two attached hydrogens (primary N) is 1. The minimum Gasteiger partial charge on any atom is -0.482 e. The SMILES string of the molecule is CC1=C(C(N)=O)SC(N2CCNCC2)N1c1ccc(OCC(=O)O)cc1. The van der Waals surface area contributed by atoms with E-state index in [-0.39, 0.29) is 12.1 Å². The number of aliphatic carboxylic acids is 1. The lowest BCUT2D eigenvalue weighted by atomic mass is 10.2. The molecule has 0 aliphatic carbocycles. The molecule has 3 rings (SSSR count). The number of carbonyl (C=O) groups is 2. The van der Waals surface area contributed by atoms with E-state index in [4.69, 9.17) is 15.6 Å². The van der Waals surface area contributed by atoms with Crippen molar-refractivity contribution in [1.29, 1.82) is 0 Å². The van der Waals surface area contributed by atoms with Gasteiger partial charge < -0.3 is 25.8 Å². The van der Waals surface area contributed by atoms with Crippen LogP contribution < -0.4 is 20.7 Å². The average Bonchev–Trinajstić information content (AvgIpc) is 2.98. The van der Waals surface area contributed by atoms with E-state index in [1.165, 1.54) is 11.8 Å². The van der Waals surface area contributed by atoms with Crippen LogP contribution >= 0.6 is 11.8 Å². The number of hydrogen-bond acceptors (Lipinski definition) is 7. The number of carbonyl (C=O) groups excluding carboxylic acids is 1. The second-order valence-electron chi connectivity index (χ2n) is 6.06. The Morgan fingerprint density at radius 2 is 1.96 bits per heavy atom. The van der Waals surface area contributed by atoms with Crippen molar-refractivity contribution in [1.82, 2.24) is 10.2 Å². The quantitative estimate of drug-likeness (QED) is 0.661. The van der Waals surface area contributed by atoms with Gasteiger partial charge in [0.25, 0.3) is 5.91 Å². The number of hydrogen-bond donors (Lipinski definition) is 3. The Morgan fingerprint density at radius 1 is 1.31 bits per heavy atom. The Bertz CT molecular complexity index is 716. The number of piperazine rings is 1. The lowest BCUT2D eigenvalue weighted by molar-refractivity contribution is -0.139. The molecule has 2 aliphatic rings. The predicted molar refractivity (Wildman–Crippen MR) is 99.8 cm³/mol. The number of rotatable bonds is 6. The molecule has 0 aromatic heterocycles. The number of primary amides is 1. The van der Waals surface area contributed by atoms with E-state index >= 15 is 0 Å². The van der Waals surface area contributed by atoms with Gasteiger partial charge in [0.1, 0.15) is 11.2 Å². The van der Waals surface area contributed by atoms with Crippen LogP contribution in [0, 0.1) is 0 Å². The summed E-state index contributed by atoms with van der Waals surface area (Å²) in [5.41, 5.74) is 7.25. The maximum atomic E-state index is 11.8. The number of anilines is 1. The first-order valence-corrected chi connectivity index (χ1v) is 9.21. The number of nitrogens with zero attached hydrogens (tertiary/aromatic N) is 2. The maximum Gasteiger partial charge on any atom is 0.341 e. The van der Waals surface area contributed by atoms with Crippen molar-refractivity contribution in [3.63, 3.8) is 0 Å². The van der Waals surface area contributed by atoms with E-state index in [1.807, 2.05) is 19.1 Å². The lowest BCUT2D eigenvalue weighted by Crippen LogP contribution is -2.52. The smallest absolute Gasteiger partial charge is 0.341 e. The molecule has 8 nitrogen and oxygen atoms in total. The Hall–Kier alpha value is -2.23. The van der Waals surface area contributed by atoms with Crippen LogP contribution in [0.2, 0.25) is 0 Å². The Balaban J connectivity index is 1.84. The molecule has 1 amide bonds. The number of amides is 1. The molecule has 0 radical (unpaired) electrons. The first-order valence-electron chi connectivity index (χ1n) is 8.33. The van der Waals surface area contributed by atoms with Gasteiger partial charge >= 0.3 is 5.97 Å². The van der Waals surface area contributed by atoms with Crippen molar-refractivity contribution in [2.45, 2.75) is 12.4 Å². The third-order valence-corrected chi connectivity index (χ3v) is 5.75. The molecule has 1 fully saturated rings. The van der Waals surface area contributed by atoms with Gasteiger partial charge in [0.05, 0.1) is 4.91 Å².